The molecule has 0 saturated heterocycles. The van der Waals surface area contributed by atoms with Crippen molar-refractivity contribution in [1.29, 1.82) is 0 Å². The van der Waals surface area contributed by atoms with Gasteiger partial charge in [0.25, 0.3) is 0 Å². The summed E-state index contributed by atoms with van der Waals surface area (Å²) >= 11 is 0. The van der Waals surface area contributed by atoms with E-state index in [0.29, 0.717) is 6.54 Å². The first-order chi connectivity index (χ1) is 8.12. The zero-order valence-electron chi connectivity index (χ0n) is 10.3. The Morgan fingerprint density at radius 1 is 1.53 bits per heavy atom. The number of amides is 1. The van der Waals surface area contributed by atoms with Gasteiger partial charge in [-0.3, -0.25) is 14.8 Å². The Morgan fingerprint density at radius 2 is 2.24 bits per heavy atom. The minimum atomic E-state index is -0.506. The summed E-state index contributed by atoms with van der Waals surface area (Å²) in [5.74, 6) is -0.221. The Labute approximate surface area is 101 Å². The van der Waals surface area contributed by atoms with Crippen LogP contribution in [0.1, 0.15) is 37.7 Å². The van der Waals surface area contributed by atoms with Crippen LogP contribution in [0.25, 0.3) is 0 Å². The summed E-state index contributed by atoms with van der Waals surface area (Å²) in [6, 6.07) is 0. The highest BCUT2D eigenvalue weighted by molar-refractivity contribution is 5.84. The number of nitrogens with one attached hydrogen (secondary N) is 1. The van der Waals surface area contributed by atoms with Gasteiger partial charge in [-0.1, -0.05) is 19.3 Å². The van der Waals surface area contributed by atoms with Crippen molar-refractivity contribution in [3.8, 4) is 0 Å². The van der Waals surface area contributed by atoms with Crippen LogP contribution < -0.4 is 11.1 Å². The summed E-state index contributed by atoms with van der Waals surface area (Å²) in [6.07, 6.45) is 8.80. The van der Waals surface area contributed by atoms with Gasteiger partial charge in [-0.25, -0.2) is 0 Å². The van der Waals surface area contributed by atoms with Crippen LogP contribution in [0.2, 0.25) is 0 Å². The van der Waals surface area contributed by atoms with Crippen molar-refractivity contribution in [2.24, 2.45) is 12.8 Å². The maximum Gasteiger partial charge on any atom is 0.237 e. The van der Waals surface area contributed by atoms with E-state index < -0.39 is 5.54 Å². The third-order valence-corrected chi connectivity index (χ3v) is 3.57. The van der Waals surface area contributed by atoms with Crippen LogP contribution in [0.3, 0.4) is 0 Å². The molecular formula is C12H20N4O. The zero-order valence-corrected chi connectivity index (χ0v) is 10.3. The monoisotopic (exact) mass is 236 g/mol. The molecule has 1 aliphatic rings. The number of nitrogens with two attached hydrogens (primary N) is 1. The third kappa shape index (κ3) is 2.66. The Morgan fingerprint density at radius 3 is 2.76 bits per heavy atom. The van der Waals surface area contributed by atoms with E-state index in [1.54, 1.807) is 4.68 Å². The molecule has 1 fully saturated rings. The first kappa shape index (κ1) is 12.1. The Kier molecular flexibility index (Phi) is 3.47. The van der Waals surface area contributed by atoms with Crippen LogP contribution in [0.5, 0.6) is 0 Å². The third-order valence-electron chi connectivity index (χ3n) is 3.57. The van der Waals surface area contributed by atoms with E-state index in [9.17, 15) is 4.79 Å². The Balaban J connectivity index is 2.00. The van der Waals surface area contributed by atoms with Crippen LogP contribution in [-0.2, 0) is 18.4 Å². The fraction of sp³-hybridized carbons (Fsp3) is 0.667. The lowest BCUT2D eigenvalue weighted by Crippen LogP contribution is -2.56. The summed E-state index contributed by atoms with van der Waals surface area (Å²) in [5, 5.41) is 7.44. The molecule has 0 unspecified atom stereocenters. The number of aryl methyl sites for hydroxylation is 1. The SMILES string of the molecule is Cn1cc(CNC2(C(N)=O)CCCCC2)cn1. The predicted octanol–water partition coefficient (Wildman–Crippen LogP) is 0.698. The first-order valence-corrected chi connectivity index (χ1v) is 6.15. The van der Waals surface area contributed by atoms with Crippen molar-refractivity contribution in [3.05, 3.63) is 18.0 Å². The minimum Gasteiger partial charge on any atom is -0.368 e. The fourth-order valence-electron chi connectivity index (χ4n) is 2.50. The topological polar surface area (TPSA) is 72.9 Å². The lowest BCUT2D eigenvalue weighted by atomic mass is 9.81. The van der Waals surface area contributed by atoms with Gasteiger partial charge in [0.1, 0.15) is 0 Å². The van der Waals surface area contributed by atoms with Gasteiger partial charge in [0.05, 0.1) is 11.7 Å². The molecule has 0 aliphatic heterocycles. The number of hydrogen-bond acceptors (Lipinski definition) is 3. The van der Waals surface area contributed by atoms with Crippen LogP contribution in [0, 0.1) is 0 Å². The second kappa shape index (κ2) is 4.87. The summed E-state index contributed by atoms with van der Waals surface area (Å²) in [4.78, 5) is 11.6. The van der Waals surface area contributed by atoms with Crippen molar-refractivity contribution < 1.29 is 4.79 Å². The fourth-order valence-corrected chi connectivity index (χ4v) is 2.50. The average Bonchev–Trinajstić information content (AvgIpc) is 2.74. The molecule has 1 saturated carbocycles. The molecule has 94 valence electrons. The van der Waals surface area contributed by atoms with Crippen molar-refractivity contribution in [2.45, 2.75) is 44.2 Å². The van der Waals surface area contributed by atoms with Gasteiger partial charge in [-0.15, -0.1) is 0 Å². The van der Waals surface area contributed by atoms with Crippen LogP contribution in [-0.4, -0.2) is 21.2 Å². The van der Waals surface area contributed by atoms with Crippen molar-refractivity contribution in [2.75, 3.05) is 0 Å². The number of carbonyl (C=O) groups is 1. The minimum absolute atomic E-state index is 0.221. The van der Waals surface area contributed by atoms with Crippen LogP contribution in [0.15, 0.2) is 12.4 Å². The molecule has 2 rings (SSSR count). The number of aromatic nitrogens is 2. The molecule has 0 aromatic carbocycles. The van der Waals surface area contributed by atoms with Gasteiger partial charge < -0.3 is 5.73 Å². The Hall–Kier alpha value is -1.36. The normalized spacial score (nSPS) is 19.1. The molecule has 5 nitrogen and oxygen atoms in total. The van der Waals surface area contributed by atoms with Crippen LogP contribution >= 0.6 is 0 Å². The number of rotatable bonds is 4. The van der Waals surface area contributed by atoms with Crippen molar-refractivity contribution in [3.63, 3.8) is 0 Å². The van der Waals surface area contributed by atoms with E-state index in [-0.39, 0.29) is 5.91 Å². The largest absolute Gasteiger partial charge is 0.368 e. The molecule has 0 atom stereocenters. The summed E-state index contributed by atoms with van der Waals surface area (Å²) < 4.78 is 1.76. The molecule has 17 heavy (non-hydrogen) atoms. The van der Waals surface area contributed by atoms with Gasteiger partial charge in [-0.05, 0) is 12.8 Å². The molecule has 0 spiro atoms. The van der Waals surface area contributed by atoms with Gasteiger partial charge in [0, 0.05) is 25.4 Å². The molecule has 3 N–H and O–H groups in total. The van der Waals surface area contributed by atoms with E-state index in [1.807, 2.05) is 19.4 Å². The van der Waals surface area contributed by atoms with E-state index >= 15 is 0 Å². The molecule has 0 bridgehead atoms. The standard InChI is InChI=1S/C12H20N4O/c1-16-9-10(8-15-16)7-14-12(11(13)17)5-3-2-4-6-12/h8-9,14H,2-7H2,1H3,(H2,13,17). The first-order valence-electron chi connectivity index (χ1n) is 6.15. The lowest BCUT2D eigenvalue weighted by Gasteiger charge is -2.35. The van der Waals surface area contributed by atoms with E-state index in [2.05, 4.69) is 10.4 Å². The maximum absolute atomic E-state index is 11.6. The molecule has 0 radical (unpaired) electrons. The molecule has 1 amide bonds. The summed E-state index contributed by atoms with van der Waals surface area (Å²) in [6.45, 7) is 0.650. The van der Waals surface area contributed by atoms with E-state index in [4.69, 9.17) is 5.73 Å². The number of primary amides is 1. The number of hydrogen-bond donors (Lipinski definition) is 2. The van der Waals surface area contributed by atoms with Gasteiger partial charge in [0.2, 0.25) is 5.91 Å². The molecule has 1 aromatic heterocycles. The highest BCUT2D eigenvalue weighted by atomic mass is 16.1. The Bertz CT molecular complexity index is 393. The molecular weight excluding hydrogens is 216 g/mol. The number of carbonyl (C=O) groups excluding carboxylic acids is 1. The quantitative estimate of drug-likeness (QED) is 0.808. The molecule has 1 aliphatic carbocycles. The summed E-state index contributed by atoms with van der Waals surface area (Å²) in [7, 11) is 1.88. The van der Waals surface area contributed by atoms with Crippen molar-refractivity contribution in [1.82, 2.24) is 15.1 Å². The lowest BCUT2D eigenvalue weighted by molar-refractivity contribution is -0.125. The molecule has 1 heterocycles. The smallest absolute Gasteiger partial charge is 0.237 e. The van der Waals surface area contributed by atoms with E-state index in [0.717, 1.165) is 31.2 Å². The summed E-state index contributed by atoms with van der Waals surface area (Å²) in [5.41, 5.74) is 6.13. The molecule has 1 aromatic rings. The average molecular weight is 236 g/mol. The van der Waals surface area contributed by atoms with Crippen LogP contribution in [0.4, 0.5) is 0 Å². The predicted molar refractivity (Wildman–Crippen MR) is 65.1 cm³/mol. The zero-order chi connectivity index (χ0) is 12.3. The highest BCUT2D eigenvalue weighted by Crippen LogP contribution is 2.28. The van der Waals surface area contributed by atoms with E-state index in [1.165, 1.54) is 6.42 Å². The second-order valence-corrected chi connectivity index (χ2v) is 4.88. The van der Waals surface area contributed by atoms with Crippen molar-refractivity contribution >= 4 is 5.91 Å². The van der Waals surface area contributed by atoms with Gasteiger partial charge in [0.15, 0.2) is 0 Å². The highest BCUT2D eigenvalue weighted by Gasteiger charge is 2.37. The van der Waals surface area contributed by atoms with Gasteiger partial charge in [-0.2, -0.15) is 5.10 Å². The van der Waals surface area contributed by atoms with Gasteiger partial charge >= 0.3 is 0 Å². The second-order valence-electron chi connectivity index (χ2n) is 4.88. The maximum atomic E-state index is 11.6. The molecule has 5 heteroatoms. The number of nitrogens with zero attached hydrogens (tertiary/aromatic N) is 2.